The van der Waals surface area contributed by atoms with Crippen molar-refractivity contribution in [2.75, 3.05) is 19.7 Å². The van der Waals surface area contributed by atoms with Gasteiger partial charge in [0.2, 0.25) is 5.79 Å². The molecular weight excluding hydrogens is 549 g/mol. The minimum atomic E-state index is -2.63. The molecule has 0 bridgehead atoms. The zero-order valence-electron chi connectivity index (χ0n) is 23.0. The van der Waals surface area contributed by atoms with Crippen LogP contribution in [0.1, 0.15) is 46.7 Å². The lowest BCUT2D eigenvalue weighted by Gasteiger charge is -2.46. The number of aliphatic imine (C=N–C) groups is 1. The molecule has 0 saturated carbocycles. The van der Waals surface area contributed by atoms with Crippen LogP contribution < -0.4 is 37.1 Å². The number of aromatic nitrogens is 1. The van der Waals surface area contributed by atoms with E-state index in [0.717, 1.165) is 24.2 Å². The van der Waals surface area contributed by atoms with Gasteiger partial charge in [-0.1, -0.05) is 26.0 Å². The maximum Gasteiger partial charge on any atom is 0.343 e. The lowest BCUT2D eigenvalue weighted by molar-refractivity contribution is -0.521. The fourth-order valence-electron chi connectivity index (χ4n) is 6.32. The van der Waals surface area contributed by atoms with Crippen LogP contribution in [0.4, 0.5) is 4.39 Å². The highest BCUT2D eigenvalue weighted by Crippen LogP contribution is 2.43. The van der Waals surface area contributed by atoms with Gasteiger partial charge in [-0.2, -0.15) is 0 Å². The summed E-state index contributed by atoms with van der Waals surface area (Å²) in [6.45, 7) is 4.38. The number of rotatable bonds is 5. The van der Waals surface area contributed by atoms with Crippen molar-refractivity contribution in [3.05, 3.63) is 59.2 Å². The molecule has 0 radical (unpaired) electrons. The molecule has 1 saturated heterocycles. The largest absolute Gasteiger partial charge is 0.492 e. The van der Waals surface area contributed by atoms with Gasteiger partial charge in [0.15, 0.2) is 12.0 Å². The molecule has 2 amide bonds. The Hall–Kier alpha value is -4.50. The van der Waals surface area contributed by atoms with Crippen LogP contribution in [-0.2, 0) is 5.41 Å². The van der Waals surface area contributed by atoms with Crippen molar-refractivity contribution in [1.82, 2.24) is 25.8 Å². The third-order valence-electron chi connectivity index (χ3n) is 8.58. The Kier molecular flexibility index (Phi) is 6.27. The summed E-state index contributed by atoms with van der Waals surface area (Å²) in [6.07, 6.45) is 1.72. The summed E-state index contributed by atoms with van der Waals surface area (Å²) < 4.78 is 19.1. The number of aliphatic hydroxyl groups is 2. The van der Waals surface area contributed by atoms with Gasteiger partial charge in [-0.3, -0.25) is 25.2 Å². The normalized spacial score (nSPS) is 28.2. The number of para-hydroxylation sites is 1. The van der Waals surface area contributed by atoms with Crippen LogP contribution >= 0.6 is 0 Å². The standard InChI is InChI=1S/C27H32FN9O5/c1-25(2)8-9-42-19-14(4-3-5-15(19)25)21(38)34-18-12-37-24(30)33-17(11-32-22(39)16-7-6-13(28)10-31-16)20-26(37,27(18,40)41)36-23(29)35-20/h3-7,10,17-18,20,40-41H,8-9,11-12H2,1-2H3,(H2,30,33)(H,32,39)(H,34,38)(H3,29,35,36)/p+1/t17-,18?,20-,26?/m0/s1. The molecule has 5 heterocycles. The van der Waals surface area contributed by atoms with Gasteiger partial charge < -0.3 is 31.3 Å². The number of fused-ring (bicyclic) bond motifs is 1. The lowest BCUT2D eigenvalue weighted by Crippen LogP contribution is -2.90. The number of carbonyl (C=O) groups is 2. The average Bonchev–Trinajstić information content (AvgIpc) is 3.41. The minimum Gasteiger partial charge on any atom is -0.492 e. The predicted octanol–water partition coefficient (Wildman–Crippen LogP) is -3.43. The zero-order valence-corrected chi connectivity index (χ0v) is 23.0. The van der Waals surface area contributed by atoms with E-state index in [2.05, 4.69) is 44.8 Å². The van der Waals surface area contributed by atoms with Crippen LogP contribution in [0.15, 0.2) is 41.5 Å². The second-order valence-electron chi connectivity index (χ2n) is 11.6. The molecule has 4 aliphatic heterocycles. The number of pyridine rings is 1. The third-order valence-corrected chi connectivity index (χ3v) is 8.58. The fourth-order valence-corrected chi connectivity index (χ4v) is 6.32. The van der Waals surface area contributed by atoms with Crippen molar-refractivity contribution >= 4 is 23.7 Å². The van der Waals surface area contributed by atoms with Crippen LogP contribution in [0.3, 0.4) is 0 Å². The van der Waals surface area contributed by atoms with Crippen molar-refractivity contribution < 1.29 is 33.9 Å². The number of ether oxygens (including phenoxy) is 1. The molecule has 1 aromatic heterocycles. The van der Waals surface area contributed by atoms with Gasteiger partial charge in [0.05, 0.1) is 24.9 Å². The third kappa shape index (κ3) is 4.10. The molecule has 10 N–H and O–H groups in total. The van der Waals surface area contributed by atoms with Crippen molar-refractivity contribution in [2.45, 2.75) is 55.3 Å². The SMILES string of the molecule is CC1(C)CCOc2c(C(=O)NC3CN4C(N)=N[C@@H](CNC(=O)c5ccc(F)cn5)[C@@H]5[NH+]=C(N)NC54C3(O)O)cccc21. The predicted molar refractivity (Wildman–Crippen MR) is 146 cm³/mol. The molecule has 1 aromatic carbocycles. The first-order valence-electron chi connectivity index (χ1n) is 13.5. The number of hydrogen-bond donors (Lipinski definition) is 8. The fraction of sp³-hybridized carbons (Fsp3) is 0.444. The summed E-state index contributed by atoms with van der Waals surface area (Å²) in [4.78, 5) is 38.9. The van der Waals surface area contributed by atoms with Gasteiger partial charge in [-0.15, -0.1) is 0 Å². The van der Waals surface area contributed by atoms with Crippen LogP contribution in [0.2, 0.25) is 0 Å². The number of halogens is 1. The zero-order chi connectivity index (χ0) is 30.0. The van der Waals surface area contributed by atoms with E-state index < -0.39 is 47.2 Å². The van der Waals surface area contributed by atoms with Gasteiger partial charge in [-0.05, 0) is 30.0 Å². The minimum absolute atomic E-state index is 0.0122. The number of hydrogen-bond acceptors (Lipinski definition) is 11. The highest BCUT2D eigenvalue weighted by atomic mass is 19.1. The molecule has 222 valence electrons. The summed E-state index contributed by atoms with van der Waals surface area (Å²) in [7, 11) is 0. The van der Waals surface area contributed by atoms with Gasteiger partial charge >= 0.3 is 5.96 Å². The number of nitrogens with zero attached hydrogens (tertiary/aromatic N) is 3. The topological polar surface area (TPSA) is 214 Å². The van der Waals surface area contributed by atoms with Gasteiger partial charge in [0, 0.05) is 12.1 Å². The summed E-state index contributed by atoms with van der Waals surface area (Å²) >= 11 is 0. The Bertz CT molecular complexity index is 1510. The molecule has 4 atom stereocenters. The average molecular weight is 583 g/mol. The molecule has 14 nitrogen and oxygen atoms in total. The smallest absolute Gasteiger partial charge is 0.343 e. The van der Waals surface area contributed by atoms with Crippen LogP contribution in [-0.4, -0.2) is 93.1 Å². The molecule has 0 aliphatic carbocycles. The Balaban J connectivity index is 1.26. The number of benzene rings is 1. The number of guanidine groups is 2. The van der Waals surface area contributed by atoms with E-state index in [-0.39, 0.29) is 41.7 Å². The highest BCUT2D eigenvalue weighted by molar-refractivity contribution is 5.98. The number of carbonyl (C=O) groups excluding carboxylic acids is 2. The monoisotopic (exact) mass is 582 g/mol. The highest BCUT2D eigenvalue weighted by Gasteiger charge is 2.76. The summed E-state index contributed by atoms with van der Waals surface area (Å²) in [5.74, 6) is -3.92. The van der Waals surface area contributed by atoms with E-state index in [1.807, 2.05) is 6.07 Å². The van der Waals surface area contributed by atoms with E-state index in [9.17, 15) is 24.2 Å². The lowest BCUT2D eigenvalue weighted by atomic mass is 9.79. The summed E-state index contributed by atoms with van der Waals surface area (Å²) in [5, 5.41) is 31.8. The molecule has 2 unspecified atom stereocenters. The molecule has 4 aliphatic rings. The van der Waals surface area contributed by atoms with Crippen molar-refractivity contribution in [2.24, 2.45) is 16.5 Å². The molecule has 6 rings (SSSR count). The maximum atomic E-state index is 13.6. The van der Waals surface area contributed by atoms with Crippen molar-refractivity contribution in [3.63, 3.8) is 0 Å². The van der Waals surface area contributed by atoms with Crippen molar-refractivity contribution in [1.29, 1.82) is 0 Å². The molecule has 15 heteroatoms. The Morgan fingerprint density at radius 1 is 1.24 bits per heavy atom. The number of nitrogens with one attached hydrogen (secondary N) is 4. The second kappa shape index (κ2) is 9.52. The quantitative estimate of drug-likeness (QED) is 0.163. The molecule has 1 fully saturated rings. The van der Waals surface area contributed by atoms with E-state index in [0.29, 0.717) is 12.4 Å². The molecule has 1 spiro atoms. The number of nitrogens with two attached hydrogens (primary N) is 2. The first kappa shape index (κ1) is 27.7. The first-order valence-corrected chi connectivity index (χ1v) is 13.5. The second-order valence-corrected chi connectivity index (χ2v) is 11.6. The van der Waals surface area contributed by atoms with E-state index in [1.165, 1.54) is 11.0 Å². The van der Waals surface area contributed by atoms with Crippen LogP contribution in [0, 0.1) is 5.82 Å². The van der Waals surface area contributed by atoms with E-state index >= 15 is 0 Å². The molecular formula is C27H33FN9O5+. The van der Waals surface area contributed by atoms with Gasteiger partial charge in [-0.25, -0.2) is 19.7 Å². The summed E-state index contributed by atoms with van der Waals surface area (Å²) in [5.41, 5.74) is 11.6. The Morgan fingerprint density at radius 3 is 2.76 bits per heavy atom. The van der Waals surface area contributed by atoms with Crippen molar-refractivity contribution in [3.8, 4) is 5.75 Å². The Labute approximate surface area is 240 Å². The summed E-state index contributed by atoms with van der Waals surface area (Å²) in [6, 6.07) is 4.68. The van der Waals surface area contributed by atoms with Crippen LogP contribution in [0.5, 0.6) is 5.75 Å². The molecule has 2 aromatic rings. The number of amides is 2. The van der Waals surface area contributed by atoms with E-state index in [4.69, 9.17) is 16.2 Å². The van der Waals surface area contributed by atoms with E-state index in [1.54, 1.807) is 12.1 Å². The first-order chi connectivity index (χ1) is 19.8. The van der Waals surface area contributed by atoms with Gasteiger partial charge in [0.25, 0.3) is 17.5 Å². The molecule has 42 heavy (non-hydrogen) atoms. The van der Waals surface area contributed by atoms with Gasteiger partial charge in [0.1, 0.15) is 29.3 Å². The van der Waals surface area contributed by atoms with Crippen LogP contribution in [0.25, 0.3) is 0 Å². The Morgan fingerprint density at radius 2 is 2.02 bits per heavy atom. The maximum absolute atomic E-state index is 13.6.